The van der Waals surface area contributed by atoms with Crippen LogP contribution in [0.3, 0.4) is 0 Å². The maximum absolute atomic E-state index is 13.3. The highest BCUT2D eigenvalue weighted by molar-refractivity contribution is 5.96. The minimum absolute atomic E-state index is 0.102. The number of hydrogen-bond acceptors (Lipinski definition) is 11. The number of ether oxygens (including phenoxy) is 4. The lowest BCUT2D eigenvalue weighted by Crippen LogP contribution is -2.59. The van der Waals surface area contributed by atoms with Gasteiger partial charge in [-0.3, -0.25) is 0 Å². The topological polar surface area (TPSA) is 110 Å². The second-order valence-electron chi connectivity index (χ2n) is 14.2. The number of hydrogen-bond donors (Lipinski definition) is 0. The Morgan fingerprint density at radius 2 is 1.71 bits per heavy atom. The van der Waals surface area contributed by atoms with E-state index < -0.39 is 23.7 Å². The molecule has 51 heavy (non-hydrogen) atoms. The third-order valence-electron chi connectivity index (χ3n) is 8.97. The molecule has 0 bridgehead atoms. The van der Waals surface area contributed by atoms with Crippen molar-refractivity contribution in [2.24, 2.45) is 0 Å². The van der Waals surface area contributed by atoms with E-state index in [4.69, 9.17) is 28.9 Å². The second-order valence-corrected chi connectivity index (χ2v) is 14.2. The highest BCUT2D eigenvalue weighted by Gasteiger charge is 2.39. The van der Waals surface area contributed by atoms with Crippen LogP contribution in [0.25, 0.3) is 10.8 Å². The fourth-order valence-corrected chi connectivity index (χ4v) is 6.43. The van der Waals surface area contributed by atoms with Crippen molar-refractivity contribution in [1.82, 2.24) is 19.8 Å². The third kappa shape index (κ3) is 8.62. The summed E-state index contributed by atoms with van der Waals surface area (Å²) in [7, 11) is 5.32. The molecule has 4 aromatic rings. The Bertz CT molecular complexity index is 1850. The zero-order valence-corrected chi connectivity index (χ0v) is 30.4. The molecule has 3 heterocycles. The van der Waals surface area contributed by atoms with Crippen LogP contribution in [0, 0.1) is 0 Å². The van der Waals surface area contributed by atoms with Crippen molar-refractivity contribution in [2.75, 3.05) is 70.3 Å². The Hall–Kier alpha value is -5.10. The highest BCUT2D eigenvalue weighted by Crippen LogP contribution is 2.37. The molecule has 0 aliphatic carbocycles. The van der Waals surface area contributed by atoms with Crippen LogP contribution in [0.15, 0.2) is 66.7 Å². The van der Waals surface area contributed by atoms with Gasteiger partial charge in [0.05, 0.1) is 25.9 Å². The number of rotatable bonds is 10. The van der Waals surface area contributed by atoms with Gasteiger partial charge in [0.1, 0.15) is 36.4 Å². The fraction of sp³-hybridized carbons (Fsp3) is 0.436. The average Bonchev–Trinajstić information content (AvgIpc) is 3.12. The first-order valence-electron chi connectivity index (χ1n) is 17.4. The van der Waals surface area contributed by atoms with E-state index in [2.05, 4.69) is 47.4 Å². The van der Waals surface area contributed by atoms with Crippen molar-refractivity contribution in [3.05, 3.63) is 83.6 Å². The van der Waals surface area contributed by atoms with Gasteiger partial charge in [0.15, 0.2) is 0 Å². The molecule has 1 amide bonds. The van der Waals surface area contributed by atoms with Gasteiger partial charge in [-0.05, 0) is 58.3 Å². The van der Waals surface area contributed by atoms with Crippen molar-refractivity contribution in [1.29, 1.82) is 0 Å². The number of likely N-dealkylation sites (N-methyl/N-ethyl adjacent to an activating group) is 1. The number of piperazine rings is 1. The number of amides is 1. The SMILES string of the molecule is COC(=O)C1CN(C(=O)OC(C)(C)C)CCN1c1nc(OCCN(C)C)nc2c1CCN(c1cc(OCc3ccccc3)cc3ccccc13)C2. The monoisotopic (exact) mass is 696 g/mol. The first-order valence-corrected chi connectivity index (χ1v) is 17.4. The lowest BCUT2D eigenvalue weighted by Gasteiger charge is -2.42. The fourth-order valence-electron chi connectivity index (χ4n) is 6.43. The van der Waals surface area contributed by atoms with Crippen LogP contribution >= 0.6 is 0 Å². The van der Waals surface area contributed by atoms with Crippen LogP contribution in [-0.4, -0.2) is 104 Å². The van der Waals surface area contributed by atoms with Gasteiger partial charge in [-0.2, -0.15) is 9.97 Å². The number of fused-ring (bicyclic) bond motifs is 2. The molecule has 12 nitrogen and oxygen atoms in total. The van der Waals surface area contributed by atoms with Crippen LogP contribution < -0.4 is 19.3 Å². The molecule has 1 aromatic heterocycles. The Kier molecular flexibility index (Phi) is 10.8. The summed E-state index contributed by atoms with van der Waals surface area (Å²) in [5.74, 6) is 0.962. The summed E-state index contributed by atoms with van der Waals surface area (Å²) in [6.45, 7) is 9.02. The quantitative estimate of drug-likeness (QED) is 0.201. The van der Waals surface area contributed by atoms with Gasteiger partial charge in [0.2, 0.25) is 0 Å². The van der Waals surface area contributed by atoms with Gasteiger partial charge in [-0.1, -0.05) is 54.6 Å². The normalized spacial score (nSPS) is 16.2. The van der Waals surface area contributed by atoms with Crippen LogP contribution in [0.4, 0.5) is 16.3 Å². The van der Waals surface area contributed by atoms with Crippen molar-refractivity contribution in [3.8, 4) is 11.8 Å². The number of methoxy groups -OCH3 is 1. The molecular formula is C39H48N6O6. The third-order valence-corrected chi connectivity index (χ3v) is 8.97. The zero-order valence-electron chi connectivity index (χ0n) is 30.4. The van der Waals surface area contributed by atoms with Crippen LogP contribution in [0.5, 0.6) is 11.8 Å². The molecule has 1 unspecified atom stereocenters. The number of aromatic nitrogens is 2. The molecule has 1 fully saturated rings. The van der Waals surface area contributed by atoms with E-state index in [9.17, 15) is 9.59 Å². The summed E-state index contributed by atoms with van der Waals surface area (Å²) < 4.78 is 23.3. The van der Waals surface area contributed by atoms with Gasteiger partial charge >= 0.3 is 18.1 Å². The lowest BCUT2D eigenvalue weighted by molar-refractivity contribution is -0.143. The predicted octanol–water partition coefficient (Wildman–Crippen LogP) is 5.31. The van der Waals surface area contributed by atoms with Crippen molar-refractivity contribution in [2.45, 2.75) is 52.0 Å². The molecule has 6 rings (SSSR count). The van der Waals surface area contributed by atoms with Crippen LogP contribution in [-0.2, 0) is 33.8 Å². The van der Waals surface area contributed by atoms with Gasteiger partial charge < -0.3 is 38.5 Å². The summed E-state index contributed by atoms with van der Waals surface area (Å²) in [5.41, 5.74) is 3.26. The molecule has 1 atom stereocenters. The molecule has 12 heteroatoms. The van der Waals surface area contributed by atoms with Gasteiger partial charge in [-0.15, -0.1) is 0 Å². The molecule has 0 spiro atoms. The van der Waals surface area contributed by atoms with Crippen molar-refractivity contribution in [3.63, 3.8) is 0 Å². The lowest BCUT2D eigenvalue weighted by atomic mass is 10.0. The van der Waals surface area contributed by atoms with E-state index in [1.54, 1.807) is 4.90 Å². The van der Waals surface area contributed by atoms with Crippen LogP contribution in [0.1, 0.15) is 37.6 Å². The number of nitrogens with zero attached hydrogens (tertiary/aromatic N) is 6. The number of anilines is 2. The summed E-state index contributed by atoms with van der Waals surface area (Å²) in [6.07, 6.45) is 0.165. The van der Waals surface area contributed by atoms with E-state index in [1.165, 1.54) is 7.11 Å². The largest absolute Gasteiger partial charge is 0.489 e. The standard InChI is InChI=1S/C39H48N6O6/c1-39(2,3)51-38(47)44-18-19-45(34(25-44)36(46)48-6)35-31-16-17-43(24-32(31)40-37(41-35)49-21-20-42(4)5)33-23-29(22-28-14-10-11-15-30(28)33)50-26-27-12-8-7-9-13-27/h7-15,22-23,34H,16-21,24-26H2,1-6H3. The first kappa shape index (κ1) is 35.7. The molecule has 270 valence electrons. The summed E-state index contributed by atoms with van der Waals surface area (Å²) in [4.78, 5) is 44.0. The maximum atomic E-state index is 13.3. The molecular weight excluding hydrogens is 648 g/mol. The molecule has 0 saturated carbocycles. The Labute approximate surface area is 299 Å². The number of carbonyl (C=O) groups excluding carboxylic acids is 2. The Morgan fingerprint density at radius 3 is 2.45 bits per heavy atom. The molecule has 2 aliphatic heterocycles. The minimum Gasteiger partial charge on any atom is -0.489 e. The molecule has 2 aliphatic rings. The summed E-state index contributed by atoms with van der Waals surface area (Å²) in [6, 6.07) is 22.1. The van der Waals surface area contributed by atoms with Crippen molar-refractivity contribution < 1.29 is 28.5 Å². The molecule has 0 radical (unpaired) electrons. The summed E-state index contributed by atoms with van der Waals surface area (Å²) >= 11 is 0. The highest BCUT2D eigenvalue weighted by atomic mass is 16.6. The zero-order chi connectivity index (χ0) is 36.1. The van der Waals surface area contributed by atoms with E-state index in [0.29, 0.717) is 58.2 Å². The Morgan fingerprint density at radius 1 is 0.941 bits per heavy atom. The van der Waals surface area contributed by atoms with Gasteiger partial charge in [0, 0.05) is 48.9 Å². The number of esters is 1. The number of carbonyl (C=O) groups is 2. The van der Waals surface area contributed by atoms with E-state index in [-0.39, 0.29) is 12.6 Å². The van der Waals surface area contributed by atoms with Crippen LogP contribution in [0.2, 0.25) is 0 Å². The molecule has 1 saturated heterocycles. The van der Waals surface area contributed by atoms with E-state index in [0.717, 1.165) is 39.0 Å². The van der Waals surface area contributed by atoms with Gasteiger partial charge in [0.25, 0.3) is 0 Å². The molecule has 0 N–H and O–H groups in total. The molecule has 3 aromatic carbocycles. The minimum atomic E-state index is -0.787. The second kappa shape index (κ2) is 15.4. The predicted molar refractivity (Wildman–Crippen MR) is 197 cm³/mol. The Balaban J connectivity index is 1.33. The smallest absolute Gasteiger partial charge is 0.410 e. The number of benzene rings is 3. The average molecular weight is 697 g/mol. The maximum Gasteiger partial charge on any atom is 0.410 e. The van der Waals surface area contributed by atoms with Crippen molar-refractivity contribution >= 4 is 34.3 Å². The van der Waals surface area contributed by atoms with E-state index >= 15 is 0 Å². The summed E-state index contributed by atoms with van der Waals surface area (Å²) in [5, 5.41) is 2.21. The van der Waals surface area contributed by atoms with Gasteiger partial charge in [-0.25, -0.2) is 9.59 Å². The first-order chi connectivity index (χ1) is 24.5. The van der Waals surface area contributed by atoms with E-state index in [1.807, 2.05) is 68.9 Å².